The third kappa shape index (κ3) is 4.56. The average molecular weight is 388 g/mol. The topological polar surface area (TPSA) is 76.0 Å². The van der Waals surface area contributed by atoms with Crippen LogP contribution in [0.4, 0.5) is 24.5 Å². The molecule has 0 saturated carbocycles. The normalized spacial score (nSPS) is 11.1. The molecule has 2 amide bonds. The van der Waals surface area contributed by atoms with Crippen LogP contribution in [0.2, 0.25) is 0 Å². The van der Waals surface area contributed by atoms with Gasteiger partial charge in [0.05, 0.1) is 5.69 Å². The van der Waals surface area contributed by atoms with Crippen molar-refractivity contribution in [3.63, 3.8) is 0 Å². The van der Waals surface area contributed by atoms with Gasteiger partial charge in [0, 0.05) is 30.1 Å². The molecule has 2 N–H and O–H groups in total. The van der Waals surface area contributed by atoms with Gasteiger partial charge < -0.3 is 10.6 Å². The maximum atomic E-state index is 12.6. The average Bonchev–Trinajstić information content (AvgIpc) is 3.12. The highest BCUT2D eigenvalue weighted by atomic mass is 19.4. The second-order valence-electron chi connectivity index (χ2n) is 5.91. The molecule has 0 aliphatic carbocycles. The Balaban J connectivity index is 1.72. The van der Waals surface area contributed by atoms with Crippen molar-refractivity contribution in [2.45, 2.75) is 13.1 Å². The Morgan fingerprint density at radius 2 is 1.61 bits per heavy atom. The molecule has 0 spiro atoms. The number of nitrogens with one attached hydrogen (secondary N) is 2. The van der Waals surface area contributed by atoms with Crippen molar-refractivity contribution in [3.05, 3.63) is 72.1 Å². The number of carbonyl (C=O) groups is 2. The summed E-state index contributed by atoms with van der Waals surface area (Å²) >= 11 is 0. The number of amides is 2. The second-order valence-corrected chi connectivity index (χ2v) is 5.91. The first kappa shape index (κ1) is 19.2. The molecule has 9 heteroatoms. The number of carbonyl (C=O) groups excluding carboxylic acids is 2. The van der Waals surface area contributed by atoms with Crippen molar-refractivity contribution in [3.8, 4) is 5.69 Å². The molecule has 1 aromatic heterocycles. The first-order valence-corrected chi connectivity index (χ1v) is 8.15. The van der Waals surface area contributed by atoms with Gasteiger partial charge in [-0.1, -0.05) is 6.07 Å². The lowest BCUT2D eigenvalue weighted by atomic mass is 10.2. The number of aromatic nitrogens is 2. The van der Waals surface area contributed by atoms with Crippen LogP contribution >= 0.6 is 0 Å². The summed E-state index contributed by atoms with van der Waals surface area (Å²) in [4.78, 5) is 23.5. The molecule has 28 heavy (non-hydrogen) atoms. The Morgan fingerprint density at radius 3 is 2.18 bits per heavy atom. The lowest BCUT2D eigenvalue weighted by Gasteiger charge is -2.09. The zero-order valence-corrected chi connectivity index (χ0v) is 14.6. The summed E-state index contributed by atoms with van der Waals surface area (Å²) in [5.41, 5.74) is 0.743. The van der Waals surface area contributed by atoms with E-state index in [-0.39, 0.29) is 5.91 Å². The summed E-state index contributed by atoms with van der Waals surface area (Å²) in [6.45, 7) is 1.38. The van der Waals surface area contributed by atoms with E-state index in [9.17, 15) is 22.8 Å². The molecule has 2 aromatic carbocycles. The number of hydrogen-bond acceptors (Lipinski definition) is 3. The third-order valence-corrected chi connectivity index (χ3v) is 3.71. The highest BCUT2D eigenvalue weighted by molar-refractivity contribution is 6.04. The molecule has 6 nitrogen and oxygen atoms in total. The Labute approximate surface area is 158 Å². The molecule has 1 heterocycles. The van der Waals surface area contributed by atoms with Gasteiger partial charge >= 0.3 is 6.18 Å². The van der Waals surface area contributed by atoms with Crippen molar-refractivity contribution < 1.29 is 22.8 Å². The monoisotopic (exact) mass is 388 g/mol. The van der Waals surface area contributed by atoms with Gasteiger partial charge in [0.25, 0.3) is 5.91 Å². The molecular formula is C19H15F3N4O2. The SMILES string of the molecule is CC(=O)Nc1cccc(NC(=O)c2ccc(-n3ccc(C(F)(F)F)n3)cc2)c1. The number of rotatable bonds is 4. The predicted molar refractivity (Wildman–Crippen MR) is 97.3 cm³/mol. The third-order valence-electron chi connectivity index (χ3n) is 3.71. The van der Waals surface area contributed by atoms with Gasteiger partial charge in [-0.25, -0.2) is 4.68 Å². The lowest BCUT2D eigenvalue weighted by molar-refractivity contribution is -0.141. The Bertz CT molecular complexity index is 1010. The summed E-state index contributed by atoms with van der Waals surface area (Å²) in [6, 6.07) is 13.5. The van der Waals surface area contributed by atoms with E-state index in [1.54, 1.807) is 24.3 Å². The quantitative estimate of drug-likeness (QED) is 0.707. The van der Waals surface area contributed by atoms with Crippen LogP contribution in [0.5, 0.6) is 0 Å². The standard InChI is InChI=1S/C19H15F3N4O2/c1-12(27)23-14-3-2-4-15(11-14)24-18(28)13-5-7-16(8-6-13)26-10-9-17(25-26)19(20,21)22/h2-11H,1H3,(H,23,27)(H,24,28). The highest BCUT2D eigenvalue weighted by Gasteiger charge is 2.33. The molecule has 3 aromatic rings. The summed E-state index contributed by atoms with van der Waals surface area (Å²) in [7, 11) is 0. The molecule has 0 bridgehead atoms. The molecule has 3 rings (SSSR count). The maximum Gasteiger partial charge on any atom is 0.435 e. The van der Waals surface area contributed by atoms with Crippen LogP contribution < -0.4 is 10.6 Å². The molecule has 0 aliphatic rings. The Kier molecular flexibility index (Phi) is 5.16. The first-order chi connectivity index (χ1) is 13.2. The summed E-state index contributed by atoms with van der Waals surface area (Å²) < 4.78 is 39.0. The van der Waals surface area contributed by atoms with Gasteiger partial charge in [0.1, 0.15) is 0 Å². The van der Waals surface area contributed by atoms with Crippen molar-refractivity contribution >= 4 is 23.2 Å². The number of nitrogens with zero attached hydrogens (tertiary/aromatic N) is 2. The summed E-state index contributed by atoms with van der Waals surface area (Å²) in [5, 5.41) is 8.79. The van der Waals surface area contributed by atoms with Crippen molar-refractivity contribution in [2.75, 3.05) is 10.6 Å². The van der Waals surface area contributed by atoms with E-state index in [0.29, 0.717) is 22.6 Å². The van der Waals surface area contributed by atoms with E-state index in [1.807, 2.05) is 0 Å². The number of alkyl halides is 3. The highest BCUT2D eigenvalue weighted by Crippen LogP contribution is 2.28. The minimum atomic E-state index is -4.52. The molecule has 0 saturated heterocycles. The van der Waals surface area contributed by atoms with Crippen molar-refractivity contribution in [1.82, 2.24) is 9.78 Å². The van der Waals surface area contributed by atoms with Gasteiger partial charge in [-0.3, -0.25) is 9.59 Å². The van der Waals surface area contributed by atoms with Crippen LogP contribution in [0.15, 0.2) is 60.8 Å². The molecule has 0 aliphatic heterocycles. The fourth-order valence-corrected chi connectivity index (χ4v) is 2.47. The molecule has 0 atom stereocenters. The van der Waals surface area contributed by atoms with Gasteiger partial charge in [0.15, 0.2) is 5.69 Å². The lowest BCUT2D eigenvalue weighted by Crippen LogP contribution is -2.13. The van der Waals surface area contributed by atoms with Crippen LogP contribution in [0.3, 0.4) is 0 Å². The van der Waals surface area contributed by atoms with Crippen LogP contribution in [-0.4, -0.2) is 21.6 Å². The van der Waals surface area contributed by atoms with Crippen molar-refractivity contribution in [1.29, 1.82) is 0 Å². The largest absolute Gasteiger partial charge is 0.435 e. The predicted octanol–water partition coefficient (Wildman–Crippen LogP) is 4.10. The van der Waals surface area contributed by atoms with E-state index < -0.39 is 17.8 Å². The van der Waals surface area contributed by atoms with E-state index >= 15 is 0 Å². The molecule has 0 unspecified atom stereocenters. The Hall–Kier alpha value is -3.62. The summed E-state index contributed by atoms with van der Waals surface area (Å²) in [5.74, 6) is -0.630. The molecular weight excluding hydrogens is 373 g/mol. The van der Waals surface area contributed by atoms with Gasteiger partial charge in [-0.05, 0) is 48.5 Å². The number of benzene rings is 2. The van der Waals surface area contributed by atoms with Crippen LogP contribution in [0, 0.1) is 0 Å². The van der Waals surface area contributed by atoms with E-state index in [0.717, 1.165) is 10.7 Å². The van der Waals surface area contributed by atoms with Gasteiger partial charge in [-0.2, -0.15) is 18.3 Å². The van der Waals surface area contributed by atoms with E-state index in [4.69, 9.17) is 0 Å². The van der Waals surface area contributed by atoms with Gasteiger partial charge in [-0.15, -0.1) is 0 Å². The molecule has 0 fully saturated rings. The molecule has 0 radical (unpaired) electrons. The maximum absolute atomic E-state index is 12.6. The van der Waals surface area contributed by atoms with Gasteiger partial charge in [0.2, 0.25) is 5.91 Å². The Morgan fingerprint density at radius 1 is 0.964 bits per heavy atom. The first-order valence-electron chi connectivity index (χ1n) is 8.15. The van der Waals surface area contributed by atoms with Crippen LogP contribution in [0.25, 0.3) is 5.69 Å². The number of anilines is 2. The van der Waals surface area contributed by atoms with Crippen LogP contribution in [0.1, 0.15) is 23.0 Å². The summed E-state index contributed by atoms with van der Waals surface area (Å²) in [6.07, 6.45) is -3.32. The zero-order valence-electron chi connectivity index (χ0n) is 14.6. The van der Waals surface area contributed by atoms with E-state index in [2.05, 4.69) is 15.7 Å². The minimum Gasteiger partial charge on any atom is -0.326 e. The smallest absolute Gasteiger partial charge is 0.326 e. The number of halogens is 3. The minimum absolute atomic E-state index is 0.230. The fourth-order valence-electron chi connectivity index (χ4n) is 2.47. The second kappa shape index (κ2) is 7.55. The fraction of sp³-hybridized carbons (Fsp3) is 0.105. The van der Waals surface area contributed by atoms with E-state index in [1.165, 1.54) is 37.4 Å². The van der Waals surface area contributed by atoms with Crippen molar-refractivity contribution in [2.24, 2.45) is 0 Å². The zero-order chi connectivity index (χ0) is 20.3. The number of hydrogen-bond donors (Lipinski definition) is 2. The van der Waals surface area contributed by atoms with Crippen LogP contribution in [-0.2, 0) is 11.0 Å². The molecule has 144 valence electrons.